The lowest BCUT2D eigenvalue weighted by Gasteiger charge is -2.30. The molecule has 0 aliphatic carbocycles. The van der Waals surface area contributed by atoms with Crippen molar-refractivity contribution in [1.29, 1.82) is 0 Å². The van der Waals surface area contributed by atoms with E-state index in [1.54, 1.807) is 0 Å². The van der Waals surface area contributed by atoms with Crippen molar-refractivity contribution in [2.75, 3.05) is 13.2 Å². The second kappa shape index (κ2) is 9.83. The van der Waals surface area contributed by atoms with Gasteiger partial charge >= 0.3 is 14.5 Å². The first-order chi connectivity index (χ1) is 13.5. The van der Waals surface area contributed by atoms with E-state index in [0.29, 0.717) is 13.2 Å². The first kappa shape index (κ1) is 23.5. The molecule has 0 radical (unpaired) electrons. The molecule has 0 amide bonds. The lowest BCUT2D eigenvalue weighted by molar-refractivity contribution is 0.329. The number of hydrogen-bond acceptors (Lipinski definition) is 3. The van der Waals surface area contributed by atoms with Gasteiger partial charge in [0.05, 0.1) is 12.3 Å². The van der Waals surface area contributed by atoms with Crippen molar-refractivity contribution in [2.24, 2.45) is 4.99 Å². The highest BCUT2D eigenvalue weighted by molar-refractivity contribution is 6.49. The summed E-state index contributed by atoms with van der Waals surface area (Å²) < 4.78 is 12.2. The fourth-order valence-corrected chi connectivity index (χ4v) is 3.73. The third-order valence-electron chi connectivity index (χ3n) is 4.61. The van der Waals surface area contributed by atoms with Crippen LogP contribution in [0.5, 0.6) is 11.5 Å². The Kier molecular flexibility index (Phi) is 7.97. The van der Waals surface area contributed by atoms with Gasteiger partial charge in [0.1, 0.15) is 12.4 Å². The Bertz CT molecular complexity index is 815. The topological polar surface area (TPSA) is 30.8 Å². The van der Waals surface area contributed by atoms with Crippen molar-refractivity contribution in [3.05, 3.63) is 59.2 Å². The van der Waals surface area contributed by atoms with Crippen LogP contribution in [0.2, 0.25) is 11.6 Å². The molecule has 2 aromatic carbocycles. The molecule has 2 rings (SSSR count). The summed E-state index contributed by atoms with van der Waals surface area (Å²) in [6.07, 6.45) is 1.96. The Morgan fingerprint density at radius 1 is 0.931 bits per heavy atom. The highest BCUT2D eigenvalue weighted by atomic mass is 27.2. The second-order valence-electron chi connectivity index (χ2n) is 9.81. The Morgan fingerprint density at radius 2 is 1.59 bits per heavy atom. The van der Waals surface area contributed by atoms with E-state index >= 15 is 0 Å². The number of hydrogen-bond donors (Lipinski definition) is 0. The molecule has 0 fully saturated rings. The summed E-state index contributed by atoms with van der Waals surface area (Å²) in [7, 11) is 0. The van der Waals surface area contributed by atoms with E-state index in [-0.39, 0.29) is 10.8 Å². The van der Waals surface area contributed by atoms with Crippen LogP contribution in [-0.2, 0) is 10.8 Å². The minimum absolute atomic E-state index is 0.00110. The zero-order valence-electron chi connectivity index (χ0n) is 19.4. The van der Waals surface area contributed by atoms with E-state index in [1.807, 2.05) is 36.5 Å². The van der Waals surface area contributed by atoms with Gasteiger partial charge in [-0.3, -0.25) is 4.99 Å². The standard InChI is InChI=1S/C23H31NO2.2CH3.Al/c1-22(2,3)18-14-17(21(25)20(15-18)23(4,5)6)16-24-12-13-26-19-10-8-7-9-11-19;;;/h7-11,14-16,25H,12-13H2,1-6H3;2*1H3;/q;;;+1/p-1. The summed E-state index contributed by atoms with van der Waals surface area (Å²) in [5.41, 5.74) is 3.70. The smallest absolute Gasteiger partial charge is 0.540 e. The third kappa shape index (κ3) is 7.21. The molecule has 0 unspecified atom stereocenters. The van der Waals surface area contributed by atoms with E-state index < -0.39 is 14.5 Å². The molecule has 2 aromatic rings. The Labute approximate surface area is 181 Å². The SMILES string of the molecule is [CH3][Al]([CH3])[O]c1c(C=NCCOc2ccccc2)cc(C(C)(C)C)cc1C(C)(C)C. The van der Waals surface area contributed by atoms with Gasteiger partial charge in [0.25, 0.3) is 0 Å². The monoisotopic (exact) mass is 409 g/mol. The lowest BCUT2D eigenvalue weighted by Crippen LogP contribution is -2.22. The maximum Gasteiger partial charge on any atom is 0.540 e. The average molecular weight is 410 g/mol. The van der Waals surface area contributed by atoms with E-state index in [4.69, 9.17) is 8.53 Å². The van der Waals surface area contributed by atoms with E-state index in [9.17, 15) is 0 Å². The molecule has 0 atom stereocenters. The molecule has 3 nitrogen and oxygen atoms in total. The van der Waals surface area contributed by atoms with Crippen molar-refractivity contribution < 1.29 is 8.53 Å². The van der Waals surface area contributed by atoms with Crippen molar-refractivity contribution in [3.63, 3.8) is 0 Å². The summed E-state index contributed by atoms with van der Waals surface area (Å²) in [4.78, 5) is 4.66. The van der Waals surface area contributed by atoms with Crippen LogP contribution in [0.3, 0.4) is 0 Å². The van der Waals surface area contributed by atoms with Gasteiger partial charge < -0.3 is 8.53 Å². The van der Waals surface area contributed by atoms with Crippen molar-refractivity contribution in [1.82, 2.24) is 0 Å². The molecule has 29 heavy (non-hydrogen) atoms. The number of ether oxygens (including phenoxy) is 1. The van der Waals surface area contributed by atoms with Crippen LogP contribution >= 0.6 is 0 Å². The van der Waals surface area contributed by atoms with Crippen molar-refractivity contribution in [2.45, 2.75) is 63.9 Å². The first-order valence-electron chi connectivity index (χ1n) is 10.5. The summed E-state index contributed by atoms with van der Waals surface area (Å²) in [5, 5.41) is 0. The molecule has 0 saturated carbocycles. The highest BCUT2D eigenvalue weighted by Gasteiger charge is 2.26. The van der Waals surface area contributed by atoms with Gasteiger partial charge in [0.2, 0.25) is 0 Å². The molecular weight excluding hydrogens is 373 g/mol. The summed E-state index contributed by atoms with van der Waals surface area (Å²) >= 11 is -1.26. The molecule has 0 spiro atoms. The zero-order valence-corrected chi connectivity index (χ0v) is 20.5. The molecule has 0 aliphatic rings. The van der Waals surface area contributed by atoms with Gasteiger partial charge in [-0.05, 0) is 40.2 Å². The normalized spacial score (nSPS) is 12.3. The quantitative estimate of drug-likeness (QED) is 0.300. The predicted octanol–water partition coefficient (Wildman–Crippen LogP) is 6.41. The maximum absolute atomic E-state index is 6.41. The minimum atomic E-state index is -1.26. The molecular formula is C25H36AlNO2. The first-order valence-corrected chi connectivity index (χ1v) is 13.3. The number of nitrogens with zero attached hydrogens (tertiary/aromatic N) is 1. The Hall–Kier alpha value is -1.76. The van der Waals surface area contributed by atoms with Crippen LogP contribution in [0.25, 0.3) is 0 Å². The predicted molar refractivity (Wildman–Crippen MR) is 126 cm³/mol. The van der Waals surface area contributed by atoms with Gasteiger partial charge in [-0.25, -0.2) is 0 Å². The Morgan fingerprint density at radius 3 is 2.14 bits per heavy atom. The summed E-state index contributed by atoms with van der Waals surface area (Å²) in [5.74, 6) is 6.29. The molecule has 4 heteroatoms. The van der Waals surface area contributed by atoms with Crippen LogP contribution in [0.4, 0.5) is 0 Å². The van der Waals surface area contributed by atoms with E-state index in [2.05, 4.69) is 70.2 Å². The number of benzene rings is 2. The average Bonchev–Trinajstić information content (AvgIpc) is 2.61. The Balaban J connectivity index is 2.31. The van der Waals surface area contributed by atoms with Gasteiger partial charge in [-0.2, -0.15) is 0 Å². The highest BCUT2D eigenvalue weighted by Crippen LogP contribution is 2.38. The van der Waals surface area contributed by atoms with E-state index in [1.165, 1.54) is 11.1 Å². The largest absolute Gasteiger partial charge is 0.642 e. The number of para-hydroxylation sites is 1. The van der Waals surface area contributed by atoms with E-state index in [0.717, 1.165) is 17.1 Å². The van der Waals surface area contributed by atoms with Crippen molar-refractivity contribution >= 4 is 20.7 Å². The molecule has 156 valence electrons. The van der Waals surface area contributed by atoms with Crippen LogP contribution in [0.1, 0.15) is 58.2 Å². The second-order valence-corrected chi connectivity index (χ2v) is 12.1. The number of rotatable bonds is 7. The maximum atomic E-state index is 6.41. The fourth-order valence-electron chi connectivity index (χ4n) is 3.00. The van der Waals surface area contributed by atoms with Crippen LogP contribution in [-0.4, -0.2) is 33.8 Å². The van der Waals surface area contributed by atoms with Crippen LogP contribution in [0.15, 0.2) is 47.5 Å². The molecule has 0 N–H and O–H groups in total. The third-order valence-corrected chi connectivity index (χ3v) is 5.32. The van der Waals surface area contributed by atoms with Crippen molar-refractivity contribution in [3.8, 4) is 11.5 Å². The lowest BCUT2D eigenvalue weighted by atomic mass is 9.79. The molecule has 0 saturated heterocycles. The van der Waals surface area contributed by atoms with Gasteiger partial charge in [-0.15, -0.1) is 0 Å². The van der Waals surface area contributed by atoms with Gasteiger partial charge in [0, 0.05) is 11.8 Å². The number of aliphatic imine (C=N–C) groups is 1. The molecule has 0 aromatic heterocycles. The van der Waals surface area contributed by atoms with Gasteiger partial charge in [0.15, 0.2) is 0 Å². The molecule has 0 aliphatic heterocycles. The minimum Gasteiger partial charge on any atom is -0.642 e. The molecule has 0 bridgehead atoms. The van der Waals surface area contributed by atoms with Crippen LogP contribution in [0, 0.1) is 0 Å². The van der Waals surface area contributed by atoms with Crippen LogP contribution < -0.4 is 8.53 Å². The molecule has 0 heterocycles. The zero-order chi connectivity index (χ0) is 21.7. The fraction of sp³-hybridized carbons (Fsp3) is 0.480. The summed E-state index contributed by atoms with van der Waals surface area (Å²) in [6, 6.07) is 14.4. The van der Waals surface area contributed by atoms with Gasteiger partial charge in [-0.1, -0.05) is 77.4 Å². The summed E-state index contributed by atoms with van der Waals surface area (Å²) in [6.45, 7) is 14.7.